The molecule has 3 aromatic carbocycles. The Morgan fingerprint density at radius 3 is 2.20 bits per heavy atom. The molecule has 0 saturated carbocycles. The van der Waals surface area contributed by atoms with Crippen molar-refractivity contribution in [3.8, 4) is 17.2 Å². The molecule has 0 atom stereocenters. The van der Waals surface area contributed by atoms with Crippen LogP contribution in [0.15, 0.2) is 72.3 Å². The standard InChI is InChI=1S/C27H23NO7/c1-16(29)28-20-8-3-17(4-9-20)13-22(26(30)18-5-10-21(33-2)11-6-18)25(27(31)32)19-7-12-23-24(14-19)35-15-34-23/h3-12,14H,13,15H2,1-2H3,(H,28,29)(H,31,32)/b25-22-. The number of aliphatic carboxylic acids is 1. The van der Waals surface area contributed by atoms with Gasteiger partial charge in [-0.25, -0.2) is 4.79 Å². The zero-order valence-electron chi connectivity index (χ0n) is 19.2. The molecule has 1 aliphatic heterocycles. The molecular weight excluding hydrogens is 450 g/mol. The quantitative estimate of drug-likeness (QED) is 0.370. The van der Waals surface area contributed by atoms with Crippen LogP contribution in [0.2, 0.25) is 0 Å². The Morgan fingerprint density at radius 2 is 1.57 bits per heavy atom. The third kappa shape index (κ3) is 5.33. The van der Waals surface area contributed by atoms with Crippen molar-refractivity contribution in [1.29, 1.82) is 0 Å². The predicted octanol–water partition coefficient (Wildman–Crippen LogP) is 4.35. The molecule has 1 heterocycles. The van der Waals surface area contributed by atoms with E-state index < -0.39 is 11.8 Å². The number of carboxylic acid groups (broad SMARTS) is 1. The number of allylic oxidation sites excluding steroid dienone is 1. The summed E-state index contributed by atoms with van der Waals surface area (Å²) in [5.41, 5.74) is 1.94. The summed E-state index contributed by atoms with van der Waals surface area (Å²) < 4.78 is 15.9. The minimum absolute atomic E-state index is 0.0448. The molecule has 0 saturated heterocycles. The fraction of sp³-hybridized carbons (Fsp3) is 0.148. The Hall–Kier alpha value is -4.59. The van der Waals surface area contributed by atoms with E-state index >= 15 is 0 Å². The van der Waals surface area contributed by atoms with E-state index in [9.17, 15) is 19.5 Å². The highest BCUT2D eigenvalue weighted by atomic mass is 16.7. The van der Waals surface area contributed by atoms with E-state index in [1.807, 2.05) is 0 Å². The number of Topliss-reactive ketones (excluding diaryl/α,β-unsaturated/α-hetero) is 1. The number of carbonyl (C=O) groups is 3. The topological polar surface area (TPSA) is 111 Å². The molecule has 1 aliphatic rings. The van der Waals surface area contributed by atoms with Crippen LogP contribution in [0.25, 0.3) is 5.57 Å². The van der Waals surface area contributed by atoms with Gasteiger partial charge in [0.1, 0.15) is 5.75 Å². The number of fused-ring (bicyclic) bond motifs is 1. The monoisotopic (exact) mass is 473 g/mol. The summed E-state index contributed by atoms with van der Waals surface area (Å²) in [4.78, 5) is 37.4. The van der Waals surface area contributed by atoms with Gasteiger partial charge in [0, 0.05) is 30.2 Å². The van der Waals surface area contributed by atoms with Gasteiger partial charge in [0.05, 0.1) is 12.7 Å². The molecule has 4 rings (SSSR count). The predicted molar refractivity (Wildman–Crippen MR) is 129 cm³/mol. The minimum Gasteiger partial charge on any atom is -0.497 e. The van der Waals surface area contributed by atoms with Crippen molar-refractivity contribution in [1.82, 2.24) is 0 Å². The lowest BCUT2D eigenvalue weighted by atomic mass is 9.89. The van der Waals surface area contributed by atoms with Crippen LogP contribution in [0.5, 0.6) is 17.2 Å². The van der Waals surface area contributed by atoms with Crippen LogP contribution in [0, 0.1) is 0 Å². The van der Waals surface area contributed by atoms with Gasteiger partial charge in [-0.1, -0.05) is 18.2 Å². The molecule has 1 amide bonds. The number of carboxylic acids is 1. The first-order chi connectivity index (χ1) is 16.9. The number of ether oxygens (including phenoxy) is 3. The average Bonchev–Trinajstić information content (AvgIpc) is 3.32. The normalized spacial score (nSPS) is 12.5. The van der Waals surface area contributed by atoms with Crippen molar-refractivity contribution in [2.45, 2.75) is 13.3 Å². The van der Waals surface area contributed by atoms with Crippen molar-refractivity contribution >= 4 is 28.9 Å². The summed E-state index contributed by atoms with van der Waals surface area (Å²) in [5, 5.41) is 12.9. The van der Waals surface area contributed by atoms with E-state index in [1.165, 1.54) is 14.0 Å². The van der Waals surface area contributed by atoms with Crippen LogP contribution in [0.3, 0.4) is 0 Å². The van der Waals surface area contributed by atoms with E-state index in [1.54, 1.807) is 66.7 Å². The van der Waals surface area contributed by atoms with E-state index in [-0.39, 0.29) is 30.3 Å². The van der Waals surface area contributed by atoms with Crippen molar-refractivity contribution in [3.63, 3.8) is 0 Å². The van der Waals surface area contributed by atoms with Crippen LogP contribution in [0.4, 0.5) is 5.69 Å². The van der Waals surface area contributed by atoms with Crippen LogP contribution in [-0.4, -0.2) is 36.7 Å². The maximum atomic E-state index is 13.6. The number of rotatable bonds is 8. The summed E-state index contributed by atoms with van der Waals surface area (Å²) in [6, 6.07) is 18.2. The molecule has 0 aliphatic carbocycles. The summed E-state index contributed by atoms with van der Waals surface area (Å²) in [6.45, 7) is 1.45. The Morgan fingerprint density at radius 1 is 0.914 bits per heavy atom. The molecule has 8 nitrogen and oxygen atoms in total. The van der Waals surface area contributed by atoms with E-state index in [4.69, 9.17) is 14.2 Å². The average molecular weight is 473 g/mol. The van der Waals surface area contributed by atoms with Crippen LogP contribution in [-0.2, 0) is 16.0 Å². The molecule has 0 spiro atoms. The summed E-state index contributed by atoms with van der Waals surface area (Å²) >= 11 is 0. The fourth-order valence-electron chi connectivity index (χ4n) is 3.79. The lowest BCUT2D eigenvalue weighted by Crippen LogP contribution is -2.14. The first-order valence-electron chi connectivity index (χ1n) is 10.8. The van der Waals surface area contributed by atoms with Crippen molar-refractivity contribution in [2.24, 2.45) is 0 Å². The second kappa shape index (κ2) is 10.1. The van der Waals surface area contributed by atoms with Gasteiger partial charge in [-0.2, -0.15) is 0 Å². The maximum absolute atomic E-state index is 13.6. The van der Waals surface area contributed by atoms with E-state index in [0.717, 1.165) is 0 Å². The molecule has 3 aromatic rings. The van der Waals surface area contributed by atoms with Crippen molar-refractivity contribution in [2.75, 3.05) is 19.2 Å². The van der Waals surface area contributed by atoms with Crippen LogP contribution >= 0.6 is 0 Å². The highest BCUT2D eigenvalue weighted by molar-refractivity contribution is 6.26. The molecule has 0 bridgehead atoms. The number of carbonyl (C=O) groups excluding carboxylic acids is 2. The Bertz CT molecular complexity index is 1310. The minimum atomic E-state index is -1.24. The van der Waals surface area contributed by atoms with Gasteiger partial charge in [-0.15, -0.1) is 0 Å². The molecule has 2 N–H and O–H groups in total. The number of benzene rings is 3. The molecule has 0 fully saturated rings. The number of anilines is 1. The molecule has 8 heteroatoms. The molecule has 0 radical (unpaired) electrons. The second-order valence-electron chi connectivity index (χ2n) is 7.84. The highest BCUT2D eigenvalue weighted by Crippen LogP contribution is 2.36. The number of nitrogens with one attached hydrogen (secondary N) is 1. The van der Waals surface area contributed by atoms with Gasteiger partial charge in [0.25, 0.3) is 0 Å². The summed E-state index contributed by atoms with van der Waals surface area (Å²) in [7, 11) is 1.52. The smallest absolute Gasteiger partial charge is 0.336 e. The second-order valence-corrected chi connectivity index (χ2v) is 7.84. The van der Waals surface area contributed by atoms with Gasteiger partial charge >= 0.3 is 5.97 Å². The number of amides is 1. The van der Waals surface area contributed by atoms with E-state index in [2.05, 4.69) is 5.32 Å². The summed E-state index contributed by atoms with van der Waals surface area (Å²) in [6.07, 6.45) is 0.0568. The van der Waals surface area contributed by atoms with Gasteiger partial charge in [0.2, 0.25) is 12.7 Å². The molecule has 178 valence electrons. The lowest BCUT2D eigenvalue weighted by Gasteiger charge is -2.14. The molecular formula is C27H23NO7. The van der Waals surface area contributed by atoms with Crippen molar-refractivity contribution < 1.29 is 33.7 Å². The maximum Gasteiger partial charge on any atom is 0.336 e. The largest absolute Gasteiger partial charge is 0.497 e. The number of methoxy groups -OCH3 is 1. The molecule has 0 unspecified atom stereocenters. The number of ketones is 1. The highest BCUT2D eigenvalue weighted by Gasteiger charge is 2.26. The van der Waals surface area contributed by atoms with Gasteiger partial charge in [-0.05, 0) is 59.7 Å². The van der Waals surface area contributed by atoms with Gasteiger partial charge in [0.15, 0.2) is 17.3 Å². The molecule has 35 heavy (non-hydrogen) atoms. The Balaban J connectivity index is 1.81. The Kier molecular flexibility index (Phi) is 6.82. The number of hydrogen-bond acceptors (Lipinski definition) is 6. The third-order valence-corrected chi connectivity index (χ3v) is 5.46. The Labute approximate surface area is 201 Å². The number of hydrogen-bond donors (Lipinski definition) is 2. The summed E-state index contributed by atoms with van der Waals surface area (Å²) in [5.74, 6) is -0.365. The lowest BCUT2D eigenvalue weighted by molar-refractivity contribution is -0.130. The zero-order chi connectivity index (χ0) is 24.9. The van der Waals surface area contributed by atoms with Crippen molar-refractivity contribution in [3.05, 3.63) is 89.0 Å². The third-order valence-electron chi connectivity index (χ3n) is 5.46. The first-order valence-corrected chi connectivity index (χ1v) is 10.8. The van der Waals surface area contributed by atoms with Gasteiger partial charge in [-0.3, -0.25) is 9.59 Å². The van der Waals surface area contributed by atoms with Crippen LogP contribution in [0.1, 0.15) is 28.4 Å². The van der Waals surface area contributed by atoms with Crippen LogP contribution < -0.4 is 19.5 Å². The van der Waals surface area contributed by atoms with Gasteiger partial charge < -0.3 is 24.6 Å². The van der Waals surface area contributed by atoms with E-state index in [0.29, 0.717) is 39.6 Å². The molecule has 0 aromatic heterocycles. The first kappa shape index (κ1) is 23.6. The zero-order valence-corrected chi connectivity index (χ0v) is 19.2. The fourth-order valence-corrected chi connectivity index (χ4v) is 3.79. The SMILES string of the molecule is COc1ccc(C(=O)/C(Cc2ccc(NC(C)=O)cc2)=C(\C(=O)O)c2ccc3c(c2)OCO3)cc1.